The number of oxazole rings is 1. The van der Waals surface area contributed by atoms with E-state index < -0.39 is 23.3 Å². The van der Waals surface area contributed by atoms with Gasteiger partial charge in [-0.25, -0.2) is 9.67 Å². The molecule has 208 valence electrons. The van der Waals surface area contributed by atoms with Crippen molar-refractivity contribution in [2.45, 2.75) is 37.8 Å². The molecule has 2 amide bonds. The molecule has 0 saturated heterocycles. The summed E-state index contributed by atoms with van der Waals surface area (Å²) in [5.74, 6) is 0.355. The van der Waals surface area contributed by atoms with Crippen LogP contribution in [0.15, 0.2) is 77.5 Å². The fourth-order valence-corrected chi connectivity index (χ4v) is 4.89. The molecule has 4 aromatic rings. The second-order valence-electron chi connectivity index (χ2n) is 9.70. The maximum atomic E-state index is 13.5. The Morgan fingerprint density at radius 3 is 2.25 bits per heavy atom. The maximum absolute atomic E-state index is 13.5. The van der Waals surface area contributed by atoms with Crippen LogP contribution in [0.25, 0.3) is 17.1 Å². The Morgan fingerprint density at radius 1 is 0.925 bits per heavy atom. The largest absolute Gasteiger partial charge is 0.441 e. The lowest BCUT2D eigenvalue weighted by atomic mass is 9.80. The molecule has 0 spiro atoms. The molecule has 11 heteroatoms. The quantitative estimate of drug-likeness (QED) is 0.287. The van der Waals surface area contributed by atoms with Crippen LogP contribution < -0.4 is 10.6 Å². The number of hydrogen-bond acceptors (Lipinski definition) is 5. The van der Waals surface area contributed by atoms with Gasteiger partial charge in [0.1, 0.15) is 5.76 Å². The van der Waals surface area contributed by atoms with Crippen molar-refractivity contribution in [3.63, 3.8) is 0 Å². The van der Waals surface area contributed by atoms with Crippen molar-refractivity contribution in [3.05, 3.63) is 90.1 Å². The average Bonchev–Trinajstić information content (AvgIpc) is 3.65. The number of nitrogens with one attached hydrogen (secondary N) is 2. The Balaban J connectivity index is 1.09. The van der Waals surface area contributed by atoms with Gasteiger partial charge in [0.15, 0.2) is 5.69 Å². The molecule has 1 aliphatic carbocycles. The number of nitrogens with zero attached hydrogens (tertiary/aromatic N) is 3. The first kappa shape index (κ1) is 27.2. The second kappa shape index (κ2) is 11.8. The SMILES string of the molecule is O=C(NCCNC(=O)[C@H]1CC[C@H](c2cnc(-c3ccccc3)o2)CC1)c1cn(-c2ccccc2)nc1C(F)(F)F. The van der Waals surface area contributed by atoms with Crippen molar-refractivity contribution in [2.75, 3.05) is 13.1 Å². The average molecular weight is 552 g/mol. The molecule has 5 rings (SSSR count). The maximum Gasteiger partial charge on any atom is 0.435 e. The molecule has 1 saturated carbocycles. The standard InChI is InChI=1S/C29H28F3N5O3/c30-29(31,32)25-23(18-37(36-25)22-9-5-2-6-10-22)27(39)34-16-15-33-26(38)20-13-11-19(12-14-20)24-17-35-28(40-24)21-7-3-1-4-8-21/h1-10,17-20H,11-16H2,(H,33,38)(H,34,39)/t19-,20-. The molecule has 0 radical (unpaired) electrons. The summed E-state index contributed by atoms with van der Waals surface area (Å²) in [6.45, 7) is 0.0786. The van der Waals surface area contributed by atoms with Gasteiger partial charge in [0.2, 0.25) is 11.8 Å². The minimum Gasteiger partial charge on any atom is -0.441 e. The van der Waals surface area contributed by atoms with E-state index in [-0.39, 0.29) is 30.8 Å². The summed E-state index contributed by atoms with van der Waals surface area (Å²) < 4.78 is 47.6. The molecule has 2 aromatic carbocycles. The first-order valence-corrected chi connectivity index (χ1v) is 13.1. The lowest BCUT2D eigenvalue weighted by Gasteiger charge is -2.26. The number of para-hydroxylation sites is 1. The predicted octanol–water partition coefficient (Wildman–Crippen LogP) is 5.37. The Hall–Kier alpha value is -4.41. The third kappa shape index (κ3) is 6.24. The number of carbonyl (C=O) groups is 2. The van der Waals surface area contributed by atoms with Crippen LogP contribution in [0, 0.1) is 5.92 Å². The third-order valence-electron chi connectivity index (χ3n) is 7.00. The number of halogens is 3. The van der Waals surface area contributed by atoms with E-state index >= 15 is 0 Å². The van der Waals surface area contributed by atoms with Gasteiger partial charge in [0, 0.05) is 36.7 Å². The summed E-state index contributed by atoms with van der Waals surface area (Å²) in [5.41, 5.74) is -0.538. The highest BCUT2D eigenvalue weighted by atomic mass is 19.4. The van der Waals surface area contributed by atoms with Crippen molar-refractivity contribution in [3.8, 4) is 17.1 Å². The topological polar surface area (TPSA) is 102 Å². The van der Waals surface area contributed by atoms with E-state index in [1.807, 2.05) is 30.3 Å². The first-order chi connectivity index (χ1) is 19.3. The molecular weight excluding hydrogens is 523 g/mol. The molecule has 0 bridgehead atoms. The third-order valence-corrected chi connectivity index (χ3v) is 7.00. The minimum absolute atomic E-state index is 0.0198. The van der Waals surface area contributed by atoms with Gasteiger partial charge in [0.05, 0.1) is 17.4 Å². The molecule has 40 heavy (non-hydrogen) atoms. The van der Waals surface area contributed by atoms with Crippen molar-refractivity contribution in [2.24, 2.45) is 5.92 Å². The summed E-state index contributed by atoms with van der Waals surface area (Å²) >= 11 is 0. The van der Waals surface area contributed by atoms with Gasteiger partial charge in [-0.3, -0.25) is 9.59 Å². The number of hydrogen-bond donors (Lipinski definition) is 2. The lowest BCUT2D eigenvalue weighted by Crippen LogP contribution is -2.38. The fraction of sp³-hybridized carbons (Fsp3) is 0.310. The van der Waals surface area contributed by atoms with Crippen LogP contribution in [-0.2, 0) is 11.0 Å². The molecule has 0 unspecified atom stereocenters. The van der Waals surface area contributed by atoms with E-state index in [0.717, 1.165) is 35.0 Å². The summed E-state index contributed by atoms with van der Waals surface area (Å²) in [4.78, 5) is 29.6. The number of carbonyl (C=O) groups excluding carboxylic acids is 2. The minimum atomic E-state index is -4.80. The normalized spacial score (nSPS) is 17.4. The molecule has 2 N–H and O–H groups in total. The number of rotatable bonds is 8. The van der Waals surface area contributed by atoms with Crippen molar-refractivity contribution < 1.29 is 27.2 Å². The molecule has 2 heterocycles. The van der Waals surface area contributed by atoms with Crippen molar-refractivity contribution in [1.29, 1.82) is 0 Å². The lowest BCUT2D eigenvalue weighted by molar-refractivity contribution is -0.141. The van der Waals surface area contributed by atoms with Crippen LogP contribution in [0.1, 0.15) is 53.4 Å². The Morgan fingerprint density at radius 2 is 1.57 bits per heavy atom. The van der Waals surface area contributed by atoms with Crippen molar-refractivity contribution >= 4 is 11.8 Å². The highest BCUT2D eigenvalue weighted by Gasteiger charge is 2.39. The fourth-order valence-electron chi connectivity index (χ4n) is 4.89. The van der Waals surface area contributed by atoms with E-state index in [9.17, 15) is 22.8 Å². The smallest absolute Gasteiger partial charge is 0.435 e. The molecular formula is C29H28F3N5O3. The van der Waals surface area contributed by atoms with Gasteiger partial charge in [-0.05, 0) is 49.9 Å². The van der Waals surface area contributed by atoms with Crippen LogP contribution in [0.3, 0.4) is 0 Å². The van der Waals surface area contributed by atoms with Crippen LogP contribution in [0.2, 0.25) is 0 Å². The van der Waals surface area contributed by atoms with Crippen LogP contribution in [0.4, 0.5) is 13.2 Å². The first-order valence-electron chi connectivity index (χ1n) is 13.1. The zero-order chi connectivity index (χ0) is 28.1. The zero-order valence-electron chi connectivity index (χ0n) is 21.5. The highest BCUT2D eigenvalue weighted by Crippen LogP contribution is 2.37. The van der Waals surface area contributed by atoms with E-state index in [0.29, 0.717) is 24.4 Å². The number of aromatic nitrogens is 3. The monoisotopic (exact) mass is 551 g/mol. The number of amides is 2. The predicted molar refractivity (Wildman–Crippen MR) is 141 cm³/mol. The van der Waals surface area contributed by atoms with Crippen LogP contribution in [-0.4, -0.2) is 39.7 Å². The van der Waals surface area contributed by atoms with Gasteiger partial charge in [-0.2, -0.15) is 18.3 Å². The Bertz CT molecular complexity index is 1440. The highest BCUT2D eigenvalue weighted by molar-refractivity contribution is 5.95. The number of alkyl halides is 3. The summed E-state index contributed by atoms with van der Waals surface area (Å²) in [6.07, 6.45) is 0.934. The van der Waals surface area contributed by atoms with E-state index in [2.05, 4.69) is 20.7 Å². The van der Waals surface area contributed by atoms with Gasteiger partial charge in [-0.1, -0.05) is 36.4 Å². The van der Waals surface area contributed by atoms with E-state index in [4.69, 9.17) is 4.42 Å². The molecule has 0 atom stereocenters. The summed E-state index contributed by atoms with van der Waals surface area (Å²) in [7, 11) is 0. The van der Waals surface area contributed by atoms with Crippen molar-refractivity contribution in [1.82, 2.24) is 25.4 Å². The summed E-state index contributed by atoms with van der Waals surface area (Å²) in [5, 5.41) is 8.82. The second-order valence-corrected chi connectivity index (χ2v) is 9.70. The molecule has 2 aromatic heterocycles. The Labute approximate surface area is 228 Å². The van der Waals surface area contributed by atoms with Crippen LogP contribution >= 0.6 is 0 Å². The molecule has 1 fully saturated rings. The van der Waals surface area contributed by atoms with Gasteiger partial charge in [0.25, 0.3) is 5.91 Å². The summed E-state index contributed by atoms with van der Waals surface area (Å²) in [6, 6.07) is 17.9. The Kier molecular flexibility index (Phi) is 7.99. The van der Waals surface area contributed by atoms with Crippen LogP contribution in [0.5, 0.6) is 0 Å². The molecule has 8 nitrogen and oxygen atoms in total. The van der Waals surface area contributed by atoms with Gasteiger partial charge >= 0.3 is 6.18 Å². The van der Waals surface area contributed by atoms with E-state index in [1.54, 1.807) is 36.5 Å². The van der Waals surface area contributed by atoms with E-state index in [1.165, 1.54) is 0 Å². The van der Waals surface area contributed by atoms with Gasteiger partial charge < -0.3 is 15.1 Å². The number of benzene rings is 2. The molecule has 0 aliphatic heterocycles. The molecule has 1 aliphatic rings. The zero-order valence-corrected chi connectivity index (χ0v) is 21.5. The van der Waals surface area contributed by atoms with Gasteiger partial charge in [-0.15, -0.1) is 0 Å².